The summed E-state index contributed by atoms with van der Waals surface area (Å²) < 4.78 is 2.62. The van der Waals surface area contributed by atoms with Gasteiger partial charge in [0.05, 0.1) is 8.07 Å². The Labute approximate surface area is 106 Å². The molecule has 0 unspecified atom stereocenters. The summed E-state index contributed by atoms with van der Waals surface area (Å²) in [5.74, 6) is 0. The van der Waals surface area contributed by atoms with E-state index >= 15 is 0 Å². The summed E-state index contributed by atoms with van der Waals surface area (Å²) in [5.41, 5.74) is 3.04. The maximum Gasteiger partial charge on any atom is 0.180 e. The van der Waals surface area contributed by atoms with E-state index in [4.69, 9.17) is 0 Å². The zero-order valence-electron chi connectivity index (χ0n) is 11.4. The van der Waals surface area contributed by atoms with Crippen molar-refractivity contribution < 1.29 is 4.58 Å². The molecule has 0 N–H and O–H groups in total. The van der Waals surface area contributed by atoms with Crippen LogP contribution in [0.1, 0.15) is 18.4 Å². The molecule has 0 aliphatic carbocycles. The maximum atomic E-state index is 2.62. The van der Waals surface area contributed by atoms with Crippen molar-refractivity contribution in [3.05, 3.63) is 35.9 Å². The smallest absolute Gasteiger partial charge is 0.180 e. The van der Waals surface area contributed by atoms with Crippen molar-refractivity contribution in [2.24, 2.45) is 0 Å². The Hall–Kier alpha value is -0.893. The summed E-state index contributed by atoms with van der Waals surface area (Å²) in [6.07, 6.45) is 2.73. The number of nitrogens with zero attached hydrogens (tertiary/aromatic N) is 1. The Morgan fingerprint density at radius 3 is 2.18 bits per heavy atom. The molecule has 1 aliphatic rings. The van der Waals surface area contributed by atoms with Crippen molar-refractivity contribution in [2.75, 3.05) is 13.1 Å². The molecule has 0 radical (unpaired) electrons. The molecule has 1 aromatic rings. The number of hydrogen-bond donors (Lipinski definition) is 0. The van der Waals surface area contributed by atoms with Crippen LogP contribution in [0.3, 0.4) is 0 Å². The third kappa shape index (κ3) is 3.53. The molecule has 92 valence electrons. The van der Waals surface area contributed by atoms with Crippen LogP contribution in [-0.2, 0) is 0 Å². The average Bonchev–Trinajstić information content (AvgIpc) is 2.79. The lowest BCUT2D eigenvalue weighted by atomic mass is 10.1. The van der Waals surface area contributed by atoms with Gasteiger partial charge in [0.2, 0.25) is 0 Å². The highest BCUT2D eigenvalue weighted by atomic mass is 28.3. The molecule has 0 atom stereocenters. The molecular formula is C15H24NSi+. The maximum absolute atomic E-state index is 2.62. The number of benzene rings is 1. The Bertz CT molecular complexity index is 393. The summed E-state index contributed by atoms with van der Waals surface area (Å²) in [6.45, 7) is 9.91. The minimum absolute atomic E-state index is 1.05. The molecule has 1 aromatic carbocycles. The van der Waals surface area contributed by atoms with Crippen LogP contribution in [0, 0.1) is 0 Å². The first-order valence-corrected chi connectivity index (χ1v) is 10.4. The first-order valence-electron chi connectivity index (χ1n) is 6.72. The van der Waals surface area contributed by atoms with Crippen molar-refractivity contribution in [3.63, 3.8) is 0 Å². The predicted octanol–water partition coefficient (Wildman–Crippen LogP) is 3.62. The van der Waals surface area contributed by atoms with Gasteiger partial charge in [0.25, 0.3) is 0 Å². The standard InChI is InChI=1S/C15H24NSi/c1-17(2,3)13-15(16-11-7-8-12-16)14-9-5-4-6-10-14/h4-6,9-10H,7-8,11-13H2,1-3H3/q+1. The van der Waals surface area contributed by atoms with Gasteiger partial charge in [0.1, 0.15) is 13.1 Å². The van der Waals surface area contributed by atoms with Gasteiger partial charge >= 0.3 is 0 Å². The molecule has 2 rings (SSSR count). The summed E-state index contributed by atoms with van der Waals surface area (Å²) >= 11 is 0. The quantitative estimate of drug-likeness (QED) is 0.566. The van der Waals surface area contributed by atoms with E-state index in [1.54, 1.807) is 5.71 Å². The second-order valence-corrected chi connectivity index (χ2v) is 11.7. The molecule has 0 aromatic heterocycles. The topological polar surface area (TPSA) is 3.01 Å². The van der Waals surface area contributed by atoms with Crippen molar-refractivity contribution in [1.82, 2.24) is 0 Å². The van der Waals surface area contributed by atoms with Gasteiger partial charge in [-0.05, 0) is 12.1 Å². The Morgan fingerprint density at radius 1 is 1.06 bits per heavy atom. The minimum atomic E-state index is -1.05. The van der Waals surface area contributed by atoms with Crippen LogP contribution in [-0.4, -0.2) is 31.5 Å². The number of hydrogen-bond acceptors (Lipinski definition) is 0. The molecule has 1 aliphatic heterocycles. The molecule has 17 heavy (non-hydrogen) atoms. The van der Waals surface area contributed by atoms with Crippen molar-refractivity contribution >= 4 is 13.8 Å². The Kier molecular flexibility index (Phi) is 3.82. The molecule has 0 amide bonds. The lowest BCUT2D eigenvalue weighted by molar-refractivity contribution is -0.506. The summed E-state index contributed by atoms with van der Waals surface area (Å²) in [6, 6.07) is 12.3. The predicted molar refractivity (Wildman–Crippen MR) is 77.9 cm³/mol. The fourth-order valence-corrected chi connectivity index (χ4v) is 3.95. The molecule has 0 spiro atoms. The molecule has 1 saturated heterocycles. The highest BCUT2D eigenvalue weighted by molar-refractivity contribution is 6.79. The molecule has 0 saturated carbocycles. The van der Waals surface area contributed by atoms with Crippen LogP contribution >= 0.6 is 0 Å². The van der Waals surface area contributed by atoms with Gasteiger partial charge in [-0.25, -0.2) is 4.58 Å². The Balaban J connectivity index is 2.34. The van der Waals surface area contributed by atoms with Crippen LogP contribution in [0.5, 0.6) is 0 Å². The fraction of sp³-hybridized carbons (Fsp3) is 0.533. The van der Waals surface area contributed by atoms with Crippen LogP contribution in [0.4, 0.5) is 0 Å². The fourth-order valence-electron chi connectivity index (χ4n) is 2.52. The van der Waals surface area contributed by atoms with E-state index < -0.39 is 8.07 Å². The monoisotopic (exact) mass is 246 g/mol. The van der Waals surface area contributed by atoms with E-state index in [1.807, 2.05) is 0 Å². The zero-order chi connectivity index (χ0) is 12.3. The van der Waals surface area contributed by atoms with Crippen molar-refractivity contribution in [3.8, 4) is 0 Å². The van der Waals surface area contributed by atoms with Crippen LogP contribution in [0.2, 0.25) is 25.7 Å². The molecule has 1 nitrogen and oxygen atoms in total. The molecule has 1 fully saturated rings. The lowest BCUT2D eigenvalue weighted by Gasteiger charge is -2.16. The highest BCUT2D eigenvalue weighted by Crippen LogP contribution is 2.17. The summed E-state index contributed by atoms with van der Waals surface area (Å²) in [4.78, 5) is 0. The van der Waals surface area contributed by atoms with E-state index in [9.17, 15) is 0 Å². The molecular weight excluding hydrogens is 222 g/mol. The van der Waals surface area contributed by atoms with E-state index in [0.717, 1.165) is 0 Å². The van der Waals surface area contributed by atoms with Gasteiger partial charge < -0.3 is 0 Å². The lowest BCUT2D eigenvalue weighted by Crippen LogP contribution is -2.30. The van der Waals surface area contributed by atoms with E-state index in [0.29, 0.717) is 0 Å². The van der Waals surface area contributed by atoms with Gasteiger partial charge in [0, 0.05) is 24.4 Å². The number of rotatable bonds is 3. The first-order chi connectivity index (χ1) is 8.06. The van der Waals surface area contributed by atoms with Gasteiger partial charge in [-0.2, -0.15) is 0 Å². The van der Waals surface area contributed by atoms with E-state index in [2.05, 4.69) is 54.5 Å². The molecule has 2 heteroatoms. The Morgan fingerprint density at radius 2 is 1.65 bits per heavy atom. The van der Waals surface area contributed by atoms with E-state index in [-0.39, 0.29) is 0 Å². The second kappa shape index (κ2) is 5.17. The van der Waals surface area contributed by atoms with Crippen LogP contribution in [0.15, 0.2) is 30.3 Å². The zero-order valence-corrected chi connectivity index (χ0v) is 12.4. The third-order valence-corrected chi connectivity index (χ3v) is 4.69. The van der Waals surface area contributed by atoms with Gasteiger partial charge in [-0.1, -0.05) is 37.8 Å². The van der Waals surface area contributed by atoms with Gasteiger partial charge in [-0.15, -0.1) is 0 Å². The average molecular weight is 246 g/mol. The highest BCUT2D eigenvalue weighted by Gasteiger charge is 2.26. The first kappa shape index (κ1) is 12.6. The van der Waals surface area contributed by atoms with E-state index in [1.165, 1.54) is 37.5 Å². The van der Waals surface area contributed by atoms with Gasteiger partial charge in [-0.3, -0.25) is 0 Å². The van der Waals surface area contributed by atoms with Crippen molar-refractivity contribution in [1.29, 1.82) is 0 Å². The third-order valence-electron chi connectivity index (χ3n) is 3.29. The van der Waals surface area contributed by atoms with Crippen molar-refractivity contribution in [2.45, 2.75) is 38.5 Å². The largest absolute Gasteiger partial charge is 0.233 e. The minimum Gasteiger partial charge on any atom is -0.233 e. The van der Waals surface area contributed by atoms with Crippen LogP contribution < -0.4 is 0 Å². The SMILES string of the molecule is C[Si](C)(C)CC(c1ccccc1)=[N+]1CCCC1. The summed E-state index contributed by atoms with van der Waals surface area (Å²) in [5, 5.41) is 0. The van der Waals surface area contributed by atoms with Gasteiger partial charge in [0.15, 0.2) is 5.71 Å². The molecule has 0 bridgehead atoms. The second-order valence-electron chi connectivity index (χ2n) is 6.24. The summed E-state index contributed by atoms with van der Waals surface area (Å²) in [7, 11) is -1.05. The normalized spacial score (nSPS) is 16.3. The van der Waals surface area contributed by atoms with Crippen LogP contribution in [0.25, 0.3) is 0 Å². The molecule has 1 heterocycles.